The summed E-state index contributed by atoms with van der Waals surface area (Å²) >= 11 is 0. The Balaban J connectivity index is 2.11. The molecule has 0 aliphatic carbocycles. The van der Waals surface area contributed by atoms with Crippen molar-refractivity contribution in [2.75, 3.05) is 0 Å². The topological polar surface area (TPSA) is 0 Å². The van der Waals surface area contributed by atoms with Crippen LogP contribution in [0.4, 0.5) is 0 Å². The maximum atomic E-state index is 2.42. The first-order valence-corrected chi connectivity index (χ1v) is 15.9. The zero-order valence-electron chi connectivity index (χ0n) is 23.9. The summed E-state index contributed by atoms with van der Waals surface area (Å²) < 4.78 is 0. The molecular weight excluding hydrogens is 408 g/mol. The predicted molar refractivity (Wildman–Crippen MR) is 156 cm³/mol. The second-order valence-corrected chi connectivity index (χ2v) is 11.0. The van der Waals surface area contributed by atoms with Crippen LogP contribution in [0.15, 0.2) is 18.2 Å². The summed E-state index contributed by atoms with van der Waals surface area (Å²) in [7, 11) is 0. The van der Waals surface area contributed by atoms with Crippen molar-refractivity contribution in [3.8, 4) is 0 Å². The van der Waals surface area contributed by atoms with Gasteiger partial charge in [0.25, 0.3) is 0 Å². The van der Waals surface area contributed by atoms with Gasteiger partial charge in [-0.3, -0.25) is 0 Å². The van der Waals surface area contributed by atoms with E-state index in [2.05, 4.69) is 39.0 Å². The van der Waals surface area contributed by atoms with Gasteiger partial charge in [-0.05, 0) is 48.8 Å². The average Bonchev–Trinajstić information content (AvgIpc) is 2.86. The Morgan fingerprint density at radius 2 is 0.676 bits per heavy atom. The van der Waals surface area contributed by atoms with Gasteiger partial charge in [-0.15, -0.1) is 0 Å². The highest BCUT2D eigenvalue weighted by Gasteiger charge is 2.07. The van der Waals surface area contributed by atoms with E-state index in [0.717, 1.165) is 0 Å². The average molecular weight is 471 g/mol. The SMILES string of the molecule is CCCCCCCCCCCCCc1cccc(CCCCCCCCCCCCC)c1CC. The largest absolute Gasteiger partial charge is 0.0654 e. The molecule has 0 aromatic heterocycles. The van der Waals surface area contributed by atoms with Crippen LogP contribution in [0.3, 0.4) is 0 Å². The van der Waals surface area contributed by atoms with Crippen LogP contribution in [-0.2, 0) is 19.3 Å². The monoisotopic (exact) mass is 470 g/mol. The van der Waals surface area contributed by atoms with Crippen molar-refractivity contribution in [1.29, 1.82) is 0 Å². The van der Waals surface area contributed by atoms with Crippen LogP contribution in [0, 0.1) is 0 Å². The lowest BCUT2D eigenvalue weighted by atomic mass is 9.92. The van der Waals surface area contributed by atoms with Crippen LogP contribution in [0.25, 0.3) is 0 Å². The molecular formula is C34H62. The Labute approximate surface area is 216 Å². The van der Waals surface area contributed by atoms with Gasteiger partial charge in [0.2, 0.25) is 0 Å². The van der Waals surface area contributed by atoms with Crippen molar-refractivity contribution in [3.63, 3.8) is 0 Å². The molecule has 0 nitrogen and oxygen atoms in total. The summed E-state index contributed by atoms with van der Waals surface area (Å²) in [4.78, 5) is 0. The van der Waals surface area contributed by atoms with E-state index in [-0.39, 0.29) is 0 Å². The summed E-state index contributed by atoms with van der Waals surface area (Å²) in [6.07, 6.45) is 35.4. The molecule has 0 heteroatoms. The molecule has 0 atom stereocenters. The summed E-state index contributed by atoms with van der Waals surface area (Å²) in [6.45, 7) is 6.97. The highest BCUT2D eigenvalue weighted by Crippen LogP contribution is 2.22. The van der Waals surface area contributed by atoms with E-state index in [4.69, 9.17) is 0 Å². The fraction of sp³-hybridized carbons (Fsp3) is 0.824. The first kappa shape index (κ1) is 31.3. The van der Waals surface area contributed by atoms with E-state index >= 15 is 0 Å². The molecule has 0 saturated carbocycles. The van der Waals surface area contributed by atoms with Crippen LogP contribution in [0.2, 0.25) is 0 Å². The van der Waals surface area contributed by atoms with E-state index in [1.54, 1.807) is 16.7 Å². The molecule has 1 aromatic rings. The van der Waals surface area contributed by atoms with E-state index in [1.807, 2.05) is 0 Å². The molecule has 198 valence electrons. The van der Waals surface area contributed by atoms with E-state index < -0.39 is 0 Å². The highest BCUT2D eigenvalue weighted by molar-refractivity contribution is 5.35. The van der Waals surface area contributed by atoms with Gasteiger partial charge in [0, 0.05) is 0 Å². The lowest BCUT2D eigenvalue weighted by Gasteiger charge is -2.14. The maximum Gasteiger partial charge on any atom is -0.0276 e. The lowest BCUT2D eigenvalue weighted by Crippen LogP contribution is -2.00. The number of aryl methyl sites for hydroxylation is 2. The minimum absolute atomic E-state index is 1.21. The van der Waals surface area contributed by atoms with Gasteiger partial charge in [-0.1, -0.05) is 167 Å². The van der Waals surface area contributed by atoms with E-state index in [0.29, 0.717) is 0 Å². The highest BCUT2D eigenvalue weighted by atomic mass is 14.1. The minimum Gasteiger partial charge on any atom is -0.0654 e. The van der Waals surface area contributed by atoms with E-state index in [1.165, 1.54) is 161 Å². The summed E-state index contributed by atoms with van der Waals surface area (Å²) in [5.74, 6) is 0. The van der Waals surface area contributed by atoms with Gasteiger partial charge >= 0.3 is 0 Å². The second-order valence-electron chi connectivity index (χ2n) is 11.0. The Bertz CT molecular complexity index is 499. The van der Waals surface area contributed by atoms with Gasteiger partial charge in [-0.25, -0.2) is 0 Å². The second kappa shape index (κ2) is 23.9. The molecule has 0 aliphatic heterocycles. The third-order valence-electron chi connectivity index (χ3n) is 7.82. The van der Waals surface area contributed by atoms with Crippen molar-refractivity contribution in [1.82, 2.24) is 0 Å². The van der Waals surface area contributed by atoms with Crippen molar-refractivity contribution < 1.29 is 0 Å². The molecule has 34 heavy (non-hydrogen) atoms. The molecule has 0 aliphatic rings. The van der Waals surface area contributed by atoms with Crippen LogP contribution in [0.1, 0.15) is 179 Å². The lowest BCUT2D eigenvalue weighted by molar-refractivity contribution is 0.548. The molecule has 0 fully saturated rings. The Hall–Kier alpha value is -0.780. The van der Waals surface area contributed by atoms with Gasteiger partial charge < -0.3 is 0 Å². The number of benzene rings is 1. The van der Waals surface area contributed by atoms with Gasteiger partial charge in [0.1, 0.15) is 0 Å². The maximum absolute atomic E-state index is 2.42. The summed E-state index contributed by atoms with van der Waals surface area (Å²) in [6, 6.07) is 7.17. The first-order chi connectivity index (χ1) is 16.8. The Kier molecular flexibility index (Phi) is 22.0. The minimum atomic E-state index is 1.21. The molecule has 0 amide bonds. The first-order valence-electron chi connectivity index (χ1n) is 15.9. The van der Waals surface area contributed by atoms with Gasteiger partial charge in [-0.2, -0.15) is 0 Å². The number of rotatable bonds is 25. The molecule has 0 bridgehead atoms. The normalized spacial score (nSPS) is 11.4. The zero-order valence-corrected chi connectivity index (χ0v) is 23.9. The predicted octanol–water partition coefficient (Wildman–Crippen LogP) is 12.0. The molecule has 0 saturated heterocycles. The van der Waals surface area contributed by atoms with Crippen molar-refractivity contribution in [2.45, 2.75) is 181 Å². The molecule has 0 heterocycles. The van der Waals surface area contributed by atoms with Gasteiger partial charge in [0.05, 0.1) is 0 Å². The molecule has 1 aromatic carbocycles. The molecule has 1 rings (SSSR count). The fourth-order valence-corrected chi connectivity index (χ4v) is 5.57. The smallest absolute Gasteiger partial charge is 0.0276 e. The van der Waals surface area contributed by atoms with E-state index in [9.17, 15) is 0 Å². The van der Waals surface area contributed by atoms with Crippen molar-refractivity contribution in [3.05, 3.63) is 34.9 Å². The molecule has 0 spiro atoms. The number of unbranched alkanes of at least 4 members (excludes halogenated alkanes) is 20. The third-order valence-corrected chi connectivity index (χ3v) is 7.82. The number of hydrogen-bond donors (Lipinski definition) is 0. The fourth-order valence-electron chi connectivity index (χ4n) is 5.57. The van der Waals surface area contributed by atoms with Crippen LogP contribution < -0.4 is 0 Å². The standard InChI is InChI=1S/C34H62/c1-4-7-9-11-13-15-17-19-21-23-25-28-32-30-27-31-33(34(32)6-3)29-26-24-22-20-18-16-14-12-10-8-5-2/h27,30-31H,4-26,28-29H2,1-3H3. The zero-order chi connectivity index (χ0) is 24.5. The quantitative estimate of drug-likeness (QED) is 0.125. The Morgan fingerprint density at radius 3 is 0.971 bits per heavy atom. The third kappa shape index (κ3) is 16.8. The van der Waals surface area contributed by atoms with Crippen LogP contribution in [0.5, 0.6) is 0 Å². The molecule has 0 unspecified atom stereocenters. The van der Waals surface area contributed by atoms with Crippen LogP contribution in [-0.4, -0.2) is 0 Å². The van der Waals surface area contributed by atoms with Gasteiger partial charge in [0.15, 0.2) is 0 Å². The Morgan fingerprint density at radius 1 is 0.382 bits per heavy atom. The number of hydrogen-bond acceptors (Lipinski definition) is 0. The van der Waals surface area contributed by atoms with Crippen molar-refractivity contribution in [2.24, 2.45) is 0 Å². The summed E-state index contributed by atoms with van der Waals surface area (Å²) in [5, 5.41) is 0. The molecule has 0 radical (unpaired) electrons. The van der Waals surface area contributed by atoms with Crippen LogP contribution >= 0.6 is 0 Å². The summed E-state index contributed by atoms with van der Waals surface area (Å²) in [5.41, 5.74) is 4.99. The molecule has 0 N–H and O–H groups in total. The van der Waals surface area contributed by atoms with Crippen molar-refractivity contribution >= 4 is 0 Å².